The van der Waals surface area contributed by atoms with Crippen molar-refractivity contribution in [2.45, 2.75) is 20.0 Å². The van der Waals surface area contributed by atoms with Gasteiger partial charge in [-0.05, 0) is 55.3 Å². The average Bonchev–Trinajstić information content (AvgIpc) is 2.68. The molecule has 6 nitrogen and oxygen atoms in total. The zero-order valence-corrected chi connectivity index (χ0v) is 15.3. The standard InChI is InChI=1S/C20H21F2NO5/c1-2-26-19(25)15-5-9-16(10-6-15)27-13-18(24)23-12-11-14-3-7-17(8-4-14)28-20(21)22/h3-10,20H,2,11-13H2,1H3,(H,23,24). The minimum atomic E-state index is -2.86. The summed E-state index contributed by atoms with van der Waals surface area (Å²) in [6.45, 7) is -0.624. The summed E-state index contributed by atoms with van der Waals surface area (Å²) in [5.74, 6) is -0.171. The van der Waals surface area contributed by atoms with Crippen LogP contribution < -0.4 is 14.8 Å². The summed E-state index contributed by atoms with van der Waals surface area (Å²) in [4.78, 5) is 23.4. The van der Waals surface area contributed by atoms with Crippen molar-refractivity contribution in [3.63, 3.8) is 0 Å². The van der Waals surface area contributed by atoms with Crippen LogP contribution in [0.2, 0.25) is 0 Å². The van der Waals surface area contributed by atoms with Gasteiger partial charge >= 0.3 is 12.6 Å². The predicted octanol–water partition coefficient (Wildman–Crippen LogP) is 3.20. The van der Waals surface area contributed by atoms with Crippen LogP contribution in [-0.4, -0.2) is 38.2 Å². The van der Waals surface area contributed by atoms with Gasteiger partial charge in [-0.3, -0.25) is 4.79 Å². The van der Waals surface area contributed by atoms with Gasteiger partial charge in [-0.1, -0.05) is 12.1 Å². The molecule has 0 aliphatic carbocycles. The van der Waals surface area contributed by atoms with Crippen molar-refractivity contribution in [2.24, 2.45) is 0 Å². The molecule has 0 aromatic heterocycles. The number of alkyl halides is 2. The fourth-order valence-electron chi connectivity index (χ4n) is 2.29. The summed E-state index contributed by atoms with van der Waals surface area (Å²) in [5, 5.41) is 2.71. The van der Waals surface area contributed by atoms with Crippen LogP contribution in [0.5, 0.6) is 11.5 Å². The maximum Gasteiger partial charge on any atom is 0.387 e. The average molecular weight is 393 g/mol. The van der Waals surface area contributed by atoms with Crippen LogP contribution in [0.25, 0.3) is 0 Å². The van der Waals surface area contributed by atoms with E-state index in [9.17, 15) is 18.4 Å². The van der Waals surface area contributed by atoms with Gasteiger partial charge in [0.1, 0.15) is 11.5 Å². The van der Waals surface area contributed by atoms with E-state index in [1.165, 1.54) is 12.1 Å². The fraction of sp³-hybridized carbons (Fsp3) is 0.300. The molecule has 1 N–H and O–H groups in total. The van der Waals surface area contributed by atoms with Crippen LogP contribution in [0.3, 0.4) is 0 Å². The minimum absolute atomic E-state index is 0.0881. The Labute approximate surface area is 161 Å². The number of hydrogen-bond donors (Lipinski definition) is 1. The molecule has 0 radical (unpaired) electrons. The molecule has 0 saturated heterocycles. The van der Waals surface area contributed by atoms with E-state index in [4.69, 9.17) is 9.47 Å². The van der Waals surface area contributed by atoms with Crippen LogP contribution in [-0.2, 0) is 16.0 Å². The van der Waals surface area contributed by atoms with Gasteiger partial charge in [-0.2, -0.15) is 8.78 Å². The number of nitrogens with one attached hydrogen (secondary N) is 1. The zero-order valence-electron chi connectivity index (χ0n) is 15.3. The molecule has 0 heterocycles. The summed E-state index contributed by atoms with van der Waals surface area (Å²) in [5.41, 5.74) is 1.28. The predicted molar refractivity (Wildman–Crippen MR) is 97.7 cm³/mol. The smallest absolute Gasteiger partial charge is 0.387 e. The quantitative estimate of drug-likeness (QED) is 0.628. The van der Waals surface area contributed by atoms with Gasteiger partial charge in [0.05, 0.1) is 12.2 Å². The van der Waals surface area contributed by atoms with Crippen molar-refractivity contribution in [1.29, 1.82) is 0 Å². The summed E-state index contributed by atoms with van der Waals surface area (Å²) < 4.78 is 38.7. The number of benzene rings is 2. The van der Waals surface area contributed by atoms with Crippen LogP contribution in [0.4, 0.5) is 8.78 Å². The summed E-state index contributed by atoms with van der Waals surface area (Å²) in [7, 11) is 0. The third kappa shape index (κ3) is 7.22. The van der Waals surface area contributed by atoms with Gasteiger partial charge in [0.25, 0.3) is 5.91 Å². The molecule has 150 valence electrons. The highest BCUT2D eigenvalue weighted by atomic mass is 19.3. The van der Waals surface area contributed by atoms with E-state index in [-0.39, 0.29) is 18.3 Å². The SMILES string of the molecule is CCOC(=O)c1ccc(OCC(=O)NCCc2ccc(OC(F)F)cc2)cc1. The third-order valence-electron chi connectivity index (χ3n) is 3.62. The molecule has 28 heavy (non-hydrogen) atoms. The number of ether oxygens (including phenoxy) is 3. The lowest BCUT2D eigenvalue weighted by Crippen LogP contribution is -2.30. The molecule has 0 atom stereocenters. The Balaban J connectivity index is 1.69. The maximum atomic E-state index is 12.1. The van der Waals surface area contributed by atoms with Crippen LogP contribution in [0.1, 0.15) is 22.8 Å². The van der Waals surface area contributed by atoms with Gasteiger partial charge < -0.3 is 19.5 Å². The second-order valence-corrected chi connectivity index (χ2v) is 5.66. The Bertz CT molecular complexity index is 763. The summed E-state index contributed by atoms with van der Waals surface area (Å²) in [6, 6.07) is 12.5. The number of carbonyl (C=O) groups excluding carboxylic acids is 2. The number of halogens is 2. The van der Waals surface area contributed by atoms with Crippen molar-refractivity contribution in [3.05, 3.63) is 59.7 Å². The van der Waals surface area contributed by atoms with E-state index < -0.39 is 12.6 Å². The molecule has 2 aromatic carbocycles. The summed E-state index contributed by atoms with van der Waals surface area (Å²) in [6.07, 6.45) is 0.537. The van der Waals surface area contributed by atoms with E-state index in [1.807, 2.05) is 0 Å². The number of esters is 1. The first kappa shape index (κ1) is 21.1. The maximum absolute atomic E-state index is 12.1. The third-order valence-corrected chi connectivity index (χ3v) is 3.62. The Hall–Kier alpha value is -3.16. The van der Waals surface area contributed by atoms with Crippen molar-refractivity contribution in [3.8, 4) is 11.5 Å². The second-order valence-electron chi connectivity index (χ2n) is 5.66. The number of rotatable bonds is 10. The number of amides is 1. The van der Waals surface area contributed by atoms with E-state index >= 15 is 0 Å². The molecule has 2 aromatic rings. The lowest BCUT2D eigenvalue weighted by atomic mass is 10.1. The van der Waals surface area contributed by atoms with Crippen molar-refractivity contribution < 1.29 is 32.6 Å². The highest BCUT2D eigenvalue weighted by molar-refractivity contribution is 5.89. The molecular weight excluding hydrogens is 372 g/mol. The molecular formula is C20H21F2NO5. The van der Waals surface area contributed by atoms with Crippen molar-refractivity contribution in [1.82, 2.24) is 5.32 Å². The highest BCUT2D eigenvalue weighted by Gasteiger charge is 2.08. The Morgan fingerprint density at radius 2 is 1.64 bits per heavy atom. The second kappa shape index (κ2) is 10.9. The van der Waals surface area contributed by atoms with Gasteiger partial charge in [0, 0.05) is 6.54 Å². The van der Waals surface area contributed by atoms with Crippen LogP contribution >= 0.6 is 0 Å². The summed E-state index contributed by atoms with van der Waals surface area (Å²) >= 11 is 0. The molecule has 0 aliphatic heterocycles. The van der Waals surface area contributed by atoms with Gasteiger partial charge in [-0.25, -0.2) is 4.79 Å². The first-order chi connectivity index (χ1) is 13.5. The Kier molecular flexibility index (Phi) is 8.20. The van der Waals surface area contributed by atoms with Crippen molar-refractivity contribution >= 4 is 11.9 Å². The number of carbonyl (C=O) groups is 2. The van der Waals surface area contributed by atoms with E-state index in [0.717, 1.165) is 5.56 Å². The molecule has 0 fully saturated rings. The van der Waals surface area contributed by atoms with E-state index in [1.54, 1.807) is 43.3 Å². The highest BCUT2D eigenvalue weighted by Crippen LogP contribution is 2.15. The molecule has 0 aliphatic rings. The van der Waals surface area contributed by atoms with Crippen LogP contribution in [0.15, 0.2) is 48.5 Å². The molecule has 0 saturated carbocycles. The van der Waals surface area contributed by atoms with Gasteiger partial charge in [0.15, 0.2) is 6.61 Å². The van der Waals surface area contributed by atoms with Crippen molar-refractivity contribution in [2.75, 3.05) is 19.8 Å². The van der Waals surface area contributed by atoms with Crippen LogP contribution in [0, 0.1) is 0 Å². The molecule has 0 bridgehead atoms. The largest absolute Gasteiger partial charge is 0.484 e. The van der Waals surface area contributed by atoms with E-state index in [2.05, 4.69) is 10.1 Å². The van der Waals surface area contributed by atoms with Gasteiger partial charge in [-0.15, -0.1) is 0 Å². The number of hydrogen-bond acceptors (Lipinski definition) is 5. The molecule has 8 heteroatoms. The Morgan fingerprint density at radius 1 is 1.00 bits per heavy atom. The molecule has 0 spiro atoms. The van der Waals surface area contributed by atoms with E-state index in [0.29, 0.717) is 30.9 Å². The molecule has 2 rings (SSSR count). The van der Waals surface area contributed by atoms with Gasteiger partial charge in [0.2, 0.25) is 0 Å². The minimum Gasteiger partial charge on any atom is -0.484 e. The first-order valence-corrected chi connectivity index (χ1v) is 8.68. The topological polar surface area (TPSA) is 73.9 Å². The lowest BCUT2D eigenvalue weighted by molar-refractivity contribution is -0.123. The Morgan fingerprint density at radius 3 is 2.25 bits per heavy atom. The fourth-order valence-corrected chi connectivity index (χ4v) is 2.29. The first-order valence-electron chi connectivity index (χ1n) is 8.68. The molecule has 0 unspecified atom stereocenters. The zero-order chi connectivity index (χ0) is 20.4. The monoisotopic (exact) mass is 393 g/mol. The molecule has 1 amide bonds. The normalized spacial score (nSPS) is 10.4. The lowest BCUT2D eigenvalue weighted by Gasteiger charge is -2.09.